The van der Waals surface area contributed by atoms with Gasteiger partial charge in [-0.25, -0.2) is 4.79 Å². The van der Waals surface area contributed by atoms with Crippen LogP contribution in [0.5, 0.6) is 0 Å². The first-order chi connectivity index (χ1) is 7.22. The average molecular weight is 204 g/mol. The van der Waals surface area contributed by atoms with E-state index in [9.17, 15) is 4.79 Å². The number of esters is 1. The van der Waals surface area contributed by atoms with E-state index >= 15 is 0 Å². The SMILES string of the molecule is CCOC(=O)c1cc2c(cc1C)CCC2. The summed E-state index contributed by atoms with van der Waals surface area (Å²) in [6.07, 6.45) is 3.46. The van der Waals surface area contributed by atoms with Crippen molar-refractivity contribution in [3.8, 4) is 0 Å². The Hall–Kier alpha value is -1.31. The maximum absolute atomic E-state index is 11.6. The minimum Gasteiger partial charge on any atom is -0.462 e. The molecule has 0 atom stereocenters. The molecule has 0 aromatic heterocycles. The fraction of sp³-hybridized carbons (Fsp3) is 0.462. The molecule has 0 heterocycles. The van der Waals surface area contributed by atoms with E-state index in [-0.39, 0.29) is 5.97 Å². The Balaban J connectivity index is 2.36. The molecule has 0 saturated carbocycles. The molecule has 0 fully saturated rings. The summed E-state index contributed by atoms with van der Waals surface area (Å²) in [6, 6.07) is 4.14. The third kappa shape index (κ3) is 1.89. The lowest BCUT2D eigenvalue weighted by molar-refractivity contribution is 0.0525. The Morgan fingerprint density at radius 1 is 1.33 bits per heavy atom. The van der Waals surface area contributed by atoms with E-state index in [1.165, 1.54) is 17.5 Å². The van der Waals surface area contributed by atoms with E-state index in [4.69, 9.17) is 4.74 Å². The Morgan fingerprint density at radius 3 is 2.67 bits per heavy atom. The summed E-state index contributed by atoms with van der Waals surface area (Å²) >= 11 is 0. The number of hydrogen-bond acceptors (Lipinski definition) is 2. The number of rotatable bonds is 2. The molecular weight excluding hydrogens is 188 g/mol. The first-order valence-electron chi connectivity index (χ1n) is 5.52. The first kappa shape index (κ1) is 10.2. The van der Waals surface area contributed by atoms with Gasteiger partial charge in [-0.15, -0.1) is 0 Å². The van der Waals surface area contributed by atoms with Gasteiger partial charge in [0.15, 0.2) is 0 Å². The van der Waals surface area contributed by atoms with Crippen LogP contribution in [-0.4, -0.2) is 12.6 Å². The lowest BCUT2D eigenvalue weighted by Crippen LogP contribution is -2.07. The largest absolute Gasteiger partial charge is 0.462 e. The molecular formula is C13H16O2. The van der Waals surface area contributed by atoms with Gasteiger partial charge < -0.3 is 4.74 Å². The number of ether oxygens (including phenoxy) is 1. The molecule has 0 unspecified atom stereocenters. The van der Waals surface area contributed by atoms with E-state index in [0.29, 0.717) is 6.61 Å². The van der Waals surface area contributed by atoms with Crippen molar-refractivity contribution in [3.05, 3.63) is 34.4 Å². The van der Waals surface area contributed by atoms with Crippen LogP contribution in [0.25, 0.3) is 0 Å². The Kier molecular flexibility index (Phi) is 2.76. The standard InChI is InChI=1S/C13H16O2/c1-3-15-13(14)12-8-11-6-4-5-10(11)7-9(12)2/h7-8H,3-6H2,1-2H3. The summed E-state index contributed by atoms with van der Waals surface area (Å²) in [5.74, 6) is -0.190. The Bertz CT molecular complexity index is 394. The highest BCUT2D eigenvalue weighted by Gasteiger charge is 2.17. The highest BCUT2D eigenvalue weighted by Crippen LogP contribution is 2.25. The van der Waals surface area contributed by atoms with Crippen LogP contribution in [0, 0.1) is 6.92 Å². The van der Waals surface area contributed by atoms with Crippen molar-refractivity contribution in [2.75, 3.05) is 6.61 Å². The maximum Gasteiger partial charge on any atom is 0.338 e. The van der Waals surface area contributed by atoms with Gasteiger partial charge in [0.25, 0.3) is 0 Å². The number of aryl methyl sites for hydroxylation is 3. The van der Waals surface area contributed by atoms with Crippen molar-refractivity contribution < 1.29 is 9.53 Å². The smallest absolute Gasteiger partial charge is 0.338 e. The molecule has 0 radical (unpaired) electrons. The molecule has 0 spiro atoms. The first-order valence-corrected chi connectivity index (χ1v) is 5.52. The molecule has 2 heteroatoms. The van der Waals surface area contributed by atoms with Crippen LogP contribution in [0.4, 0.5) is 0 Å². The second kappa shape index (κ2) is 4.05. The van der Waals surface area contributed by atoms with Crippen molar-refractivity contribution in [3.63, 3.8) is 0 Å². The topological polar surface area (TPSA) is 26.3 Å². The van der Waals surface area contributed by atoms with Crippen LogP contribution in [0.2, 0.25) is 0 Å². The van der Waals surface area contributed by atoms with Crippen LogP contribution in [0.3, 0.4) is 0 Å². The minimum absolute atomic E-state index is 0.190. The molecule has 0 aliphatic heterocycles. The second-order valence-electron chi connectivity index (χ2n) is 4.01. The molecule has 15 heavy (non-hydrogen) atoms. The molecule has 80 valence electrons. The third-order valence-electron chi connectivity index (χ3n) is 2.93. The van der Waals surface area contributed by atoms with Gasteiger partial charge in [-0.2, -0.15) is 0 Å². The molecule has 0 amide bonds. The van der Waals surface area contributed by atoms with Gasteiger partial charge in [-0.1, -0.05) is 6.07 Å². The van der Waals surface area contributed by atoms with Crippen molar-refractivity contribution in [1.82, 2.24) is 0 Å². The van der Waals surface area contributed by atoms with E-state index in [0.717, 1.165) is 24.0 Å². The normalized spacial score (nSPS) is 13.7. The fourth-order valence-corrected chi connectivity index (χ4v) is 2.18. The summed E-state index contributed by atoms with van der Waals surface area (Å²) in [5.41, 5.74) is 4.50. The van der Waals surface area contributed by atoms with Gasteiger partial charge in [-0.05, 0) is 55.9 Å². The van der Waals surface area contributed by atoms with Gasteiger partial charge in [0, 0.05) is 0 Å². The van der Waals surface area contributed by atoms with Gasteiger partial charge >= 0.3 is 5.97 Å². The molecule has 2 nitrogen and oxygen atoms in total. The third-order valence-corrected chi connectivity index (χ3v) is 2.93. The van der Waals surface area contributed by atoms with E-state index < -0.39 is 0 Å². The fourth-order valence-electron chi connectivity index (χ4n) is 2.18. The molecule has 0 N–H and O–H groups in total. The highest BCUT2D eigenvalue weighted by molar-refractivity contribution is 5.91. The van der Waals surface area contributed by atoms with Crippen LogP contribution >= 0.6 is 0 Å². The molecule has 1 aromatic rings. The Labute approximate surface area is 90.3 Å². The number of hydrogen-bond donors (Lipinski definition) is 0. The monoisotopic (exact) mass is 204 g/mol. The summed E-state index contributed by atoms with van der Waals surface area (Å²) in [7, 11) is 0. The molecule has 0 bridgehead atoms. The zero-order valence-electron chi connectivity index (χ0n) is 9.30. The number of carbonyl (C=O) groups excluding carboxylic acids is 1. The summed E-state index contributed by atoms with van der Waals surface area (Å²) < 4.78 is 5.03. The molecule has 2 rings (SSSR count). The zero-order valence-corrected chi connectivity index (χ0v) is 9.30. The molecule has 1 aliphatic carbocycles. The van der Waals surface area contributed by atoms with Crippen molar-refractivity contribution in [2.24, 2.45) is 0 Å². The molecule has 1 aromatic carbocycles. The number of carbonyl (C=O) groups is 1. The number of benzene rings is 1. The van der Waals surface area contributed by atoms with E-state index in [1.807, 2.05) is 19.9 Å². The average Bonchev–Trinajstić information content (AvgIpc) is 2.63. The molecule has 1 aliphatic rings. The lowest BCUT2D eigenvalue weighted by atomic mass is 10.0. The Morgan fingerprint density at radius 2 is 2.00 bits per heavy atom. The van der Waals surface area contributed by atoms with Gasteiger partial charge in [0.1, 0.15) is 0 Å². The molecule has 0 saturated heterocycles. The van der Waals surface area contributed by atoms with Gasteiger partial charge in [-0.3, -0.25) is 0 Å². The van der Waals surface area contributed by atoms with E-state index in [1.54, 1.807) is 0 Å². The number of fused-ring (bicyclic) bond motifs is 1. The second-order valence-corrected chi connectivity index (χ2v) is 4.01. The quantitative estimate of drug-likeness (QED) is 0.692. The highest BCUT2D eigenvalue weighted by atomic mass is 16.5. The van der Waals surface area contributed by atoms with Crippen LogP contribution < -0.4 is 0 Å². The van der Waals surface area contributed by atoms with Gasteiger partial charge in [0.05, 0.1) is 12.2 Å². The maximum atomic E-state index is 11.6. The van der Waals surface area contributed by atoms with Gasteiger partial charge in [0.2, 0.25) is 0 Å². The lowest BCUT2D eigenvalue weighted by Gasteiger charge is -2.08. The van der Waals surface area contributed by atoms with Crippen LogP contribution in [0.15, 0.2) is 12.1 Å². The summed E-state index contributed by atoms with van der Waals surface area (Å²) in [6.45, 7) is 4.25. The predicted molar refractivity (Wildman–Crippen MR) is 59.2 cm³/mol. The summed E-state index contributed by atoms with van der Waals surface area (Å²) in [5, 5.41) is 0. The predicted octanol–water partition coefficient (Wildman–Crippen LogP) is 2.66. The van der Waals surface area contributed by atoms with Crippen molar-refractivity contribution in [2.45, 2.75) is 33.1 Å². The van der Waals surface area contributed by atoms with E-state index in [2.05, 4.69) is 6.07 Å². The summed E-state index contributed by atoms with van der Waals surface area (Å²) in [4.78, 5) is 11.6. The van der Waals surface area contributed by atoms with Crippen LogP contribution in [0.1, 0.15) is 40.4 Å². The minimum atomic E-state index is -0.190. The van der Waals surface area contributed by atoms with Crippen molar-refractivity contribution >= 4 is 5.97 Å². The zero-order chi connectivity index (χ0) is 10.8. The van der Waals surface area contributed by atoms with Crippen molar-refractivity contribution in [1.29, 1.82) is 0 Å². The van der Waals surface area contributed by atoms with Crippen LogP contribution in [-0.2, 0) is 17.6 Å².